The van der Waals surface area contributed by atoms with Gasteiger partial charge in [-0.1, -0.05) is 12.1 Å². The van der Waals surface area contributed by atoms with E-state index in [1.807, 2.05) is 19.1 Å². The van der Waals surface area contributed by atoms with Gasteiger partial charge in [0.1, 0.15) is 5.82 Å². The normalized spacial score (nSPS) is 25.3. The highest BCUT2D eigenvalue weighted by Crippen LogP contribution is 2.49. The van der Waals surface area contributed by atoms with Gasteiger partial charge in [0.2, 0.25) is 0 Å². The molecule has 2 aromatic rings. The lowest BCUT2D eigenvalue weighted by Crippen LogP contribution is -2.18. The summed E-state index contributed by atoms with van der Waals surface area (Å²) < 4.78 is 18.9. The predicted octanol–water partition coefficient (Wildman–Crippen LogP) is 2.75. The number of rotatable bonds is 4. The molecule has 98 valence electrons. The number of aromatic nitrogens is 1. The zero-order chi connectivity index (χ0) is 13.3. The summed E-state index contributed by atoms with van der Waals surface area (Å²) in [6, 6.07) is 10.4. The third-order valence-electron chi connectivity index (χ3n) is 3.37. The van der Waals surface area contributed by atoms with Crippen molar-refractivity contribution >= 4 is 0 Å². The first kappa shape index (κ1) is 12.3. The van der Waals surface area contributed by atoms with E-state index in [1.165, 1.54) is 12.1 Å². The van der Waals surface area contributed by atoms with Crippen LogP contribution < -0.4 is 5.32 Å². The molecule has 1 aliphatic rings. The van der Waals surface area contributed by atoms with E-state index >= 15 is 0 Å². The zero-order valence-electron chi connectivity index (χ0n) is 10.6. The molecule has 1 aromatic carbocycles. The Hall–Kier alpha value is -1.78. The number of hydrogen-bond donors (Lipinski definition) is 1. The van der Waals surface area contributed by atoms with Crippen molar-refractivity contribution in [2.24, 2.45) is 0 Å². The molecule has 2 atom stereocenters. The Bertz CT molecular complexity index is 558. The Morgan fingerprint density at radius 1 is 1.21 bits per heavy atom. The van der Waals surface area contributed by atoms with Crippen LogP contribution in [0.25, 0.3) is 0 Å². The van der Waals surface area contributed by atoms with Gasteiger partial charge in [0, 0.05) is 24.6 Å². The first-order valence-electron chi connectivity index (χ1n) is 6.34. The predicted molar refractivity (Wildman–Crippen MR) is 69.8 cm³/mol. The average molecular weight is 258 g/mol. The fourth-order valence-corrected chi connectivity index (χ4v) is 2.43. The SMILES string of the molecule is CCOC1(c2ccncc2)NC1c1ccc(F)cc1. The van der Waals surface area contributed by atoms with Crippen LogP contribution in [0.15, 0.2) is 48.8 Å². The first-order chi connectivity index (χ1) is 9.26. The lowest BCUT2D eigenvalue weighted by Gasteiger charge is -2.15. The zero-order valence-corrected chi connectivity index (χ0v) is 10.6. The van der Waals surface area contributed by atoms with Crippen LogP contribution in [0.2, 0.25) is 0 Å². The molecule has 4 heteroatoms. The molecule has 0 bridgehead atoms. The smallest absolute Gasteiger partial charge is 0.165 e. The molecule has 2 heterocycles. The molecule has 1 aliphatic heterocycles. The molecule has 3 rings (SSSR count). The summed E-state index contributed by atoms with van der Waals surface area (Å²) in [6.07, 6.45) is 3.50. The molecular weight excluding hydrogens is 243 g/mol. The van der Waals surface area contributed by atoms with E-state index < -0.39 is 5.72 Å². The van der Waals surface area contributed by atoms with Crippen molar-refractivity contribution in [2.75, 3.05) is 6.61 Å². The van der Waals surface area contributed by atoms with Crippen molar-refractivity contribution < 1.29 is 9.13 Å². The van der Waals surface area contributed by atoms with E-state index in [0.717, 1.165) is 11.1 Å². The fraction of sp³-hybridized carbons (Fsp3) is 0.267. The van der Waals surface area contributed by atoms with E-state index in [-0.39, 0.29) is 11.9 Å². The molecular formula is C15H15FN2O. The minimum atomic E-state index is -0.504. The van der Waals surface area contributed by atoms with Crippen LogP contribution in [0.5, 0.6) is 0 Å². The van der Waals surface area contributed by atoms with Crippen molar-refractivity contribution in [3.8, 4) is 0 Å². The molecule has 3 nitrogen and oxygen atoms in total. The molecule has 0 amide bonds. The highest BCUT2D eigenvalue weighted by atomic mass is 19.1. The van der Waals surface area contributed by atoms with Crippen LogP contribution >= 0.6 is 0 Å². The molecule has 1 aromatic heterocycles. The van der Waals surface area contributed by atoms with Gasteiger partial charge in [0.15, 0.2) is 5.72 Å². The fourth-order valence-electron chi connectivity index (χ4n) is 2.43. The molecule has 0 saturated carbocycles. The summed E-state index contributed by atoms with van der Waals surface area (Å²) >= 11 is 0. The number of halogens is 1. The molecule has 0 radical (unpaired) electrons. The molecule has 0 spiro atoms. The Kier molecular flexibility index (Phi) is 3.05. The second kappa shape index (κ2) is 4.72. The molecule has 1 saturated heterocycles. The minimum Gasteiger partial charge on any atom is -0.355 e. The van der Waals surface area contributed by atoms with Gasteiger partial charge >= 0.3 is 0 Å². The van der Waals surface area contributed by atoms with E-state index in [4.69, 9.17) is 4.74 Å². The third kappa shape index (κ3) is 2.13. The van der Waals surface area contributed by atoms with Crippen molar-refractivity contribution in [1.29, 1.82) is 0 Å². The minimum absolute atomic E-state index is 0.0513. The first-order valence-corrected chi connectivity index (χ1v) is 6.34. The number of pyridine rings is 1. The van der Waals surface area contributed by atoms with Gasteiger partial charge in [0.05, 0.1) is 6.04 Å². The second-order valence-electron chi connectivity index (χ2n) is 4.53. The van der Waals surface area contributed by atoms with Crippen molar-refractivity contribution in [1.82, 2.24) is 10.3 Å². The summed E-state index contributed by atoms with van der Waals surface area (Å²) in [7, 11) is 0. The van der Waals surface area contributed by atoms with Crippen molar-refractivity contribution in [2.45, 2.75) is 18.7 Å². The van der Waals surface area contributed by atoms with Crippen LogP contribution in [-0.2, 0) is 10.5 Å². The molecule has 1 N–H and O–H groups in total. The van der Waals surface area contributed by atoms with Crippen molar-refractivity contribution in [3.05, 3.63) is 65.7 Å². The van der Waals surface area contributed by atoms with Crippen LogP contribution in [0.4, 0.5) is 4.39 Å². The standard InChI is InChI=1S/C15H15FN2O/c1-2-19-15(12-7-9-17-10-8-12)14(18-15)11-3-5-13(16)6-4-11/h3-10,14,18H,2H2,1H3. The highest BCUT2D eigenvalue weighted by Gasteiger charge is 2.57. The van der Waals surface area contributed by atoms with Gasteiger partial charge < -0.3 is 4.74 Å². The van der Waals surface area contributed by atoms with Gasteiger partial charge in [-0.2, -0.15) is 0 Å². The summed E-state index contributed by atoms with van der Waals surface area (Å²) in [5, 5.41) is 3.36. The molecule has 0 aliphatic carbocycles. The quantitative estimate of drug-likeness (QED) is 0.858. The van der Waals surface area contributed by atoms with Gasteiger partial charge in [0.25, 0.3) is 0 Å². The molecule has 1 fully saturated rings. The van der Waals surface area contributed by atoms with E-state index in [9.17, 15) is 4.39 Å². The molecule has 19 heavy (non-hydrogen) atoms. The maximum Gasteiger partial charge on any atom is 0.165 e. The highest BCUT2D eigenvalue weighted by molar-refractivity contribution is 5.37. The molecule has 2 unspecified atom stereocenters. The Morgan fingerprint density at radius 3 is 2.53 bits per heavy atom. The summed E-state index contributed by atoms with van der Waals surface area (Å²) in [5.41, 5.74) is 1.56. The topological polar surface area (TPSA) is 44.1 Å². The van der Waals surface area contributed by atoms with E-state index in [1.54, 1.807) is 24.5 Å². The van der Waals surface area contributed by atoms with Gasteiger partial charge in [-0.25, -0.2) is 4.39 Å². The van der Waals surface area contributed by atoms with Crippen LogP contribution in [-0.4, -0.2) is 11.6 Å². The van der Waals surface area contributed by atoms with Crippen LogP contribution in [0.3, 0.4) is 0 Å². The van der Waals surface area contributed by atoms with Gasteiger partial charge in [-0.15, -0.1) is 0 Å². The van der Waals surface area contributed by atoms with Crippen LogP contribution in [0, 0.1) is 5.82 Å². The summed E-state index contributed by atoms with van der Waals surface area (Å²) in [6.45, 7) is 2.57. The third-order valence-corrected chi connectivity index (χ3v) is 3.37. The largest absolute Gasteiger partial charge is 0.355 e. The average Bonchev–Trinajstić information content (AvgIpc) is 3.17. The van der Waals surface area contributed by atoms with Gasteiger partial charge in [-0.05, 0) is 36.8 Å². The number of nitrogens with zero attached hydrogens (tertiary/aromatic N) is 1. The number of benzene rings is 1. The van der Waals surface area contributed by atoms with E-state index in [2.05, 4.69) is 10.3 Å². The maximum absolute atomic E-state index is 13.0. The Labute approximate surface area is 111 Å². The number of hydrogen-bond acceptors (Lipinski definition) is 3. The summed E-state index contributed by atoms with van der Waals surface area (Å²) in [5.74, 6) is -0.227. The second-order valence-corrected chi connectivity index (χ2v) is 4.53. The number of nitrogens with one attached hydrogen (secondary N) is 1. The monoisotopic (exact) mass is 258 g/mol. The lowest BCUT2D eigenvalue weighted by molar-refractivity contribution is 0.0277. The van der Waals surface area contributed by atoms with Crippen LogP contribution in [0.1, 0.15) is 24.1 Å². The Balaban J connectivity index is 1.92. The number of ether oxygens (including phenoxy) is 1. The van der Waals surface area contributed by atoms with E-state index in [0.29, 0.717) is 6.61 Å². The van der Waals surface area contributed by atoms with Gasteiger partial charge in [-0.3, -0.25) is 10.3 Å². The lowest BCUT2D eigenvalue weighted by atomic mass is 10.0. The maximum atomic E-state index is 13.0. The summed E-state index contributed by atoms with van der Waals surface area (Å²) in [4.78, 5) is 4.02. The van der Waals surface area contributed by atoms with Crippen molar-refractivity contribution in [3.63, 3.8) is 0 Å². The Morgan fingerprint density at radius 2 is 1.89 bits per heavy atom.